The van der Waals surface area contributed by atoms with E-state index in [-0.39, 0.29) is 6.61 Å². The van der Waals surface area contributed by atoms with Gasteiger partial charge in [0.2, 0.25) is 0 Å². The highest BCUT2D eigenvalue weighted by atomic mass is 35.5. The lowest BCUT2D eigenvalue weighted by Crippen LogP contribution is -2.21. The molecule has 3 rings (SSSR count). The maximum Gasteiger partial charge on any atom is 0.330 e. The maximum absolute atomic E-state index is 11.3. The molecule has 0 amide bonds. The number of carbonyl (C=O) groups excluding carboxylic acids is 1. The summed E-state index contributed by atoms with van der Waals surface area (Å²) in [4.78, 5) is 11.3. The molecule has 0 fully saturated rings. The number of halogens is 1. The van der Waals surface area contributed by atoms with Crippen LogP contribution in [0.3, 0.4) is 0 Å². The number of esters is 1. The Morgan fingerprint density at radius 1 is 1.00 bits per heavy atom. The summed E-state index contributed by atoms with van der Waals surface area (Å²) in [6.07, 6.45) is 0.670. The van der Waals surface area contributed by atoms with Gasteiger partial charge in [-0.1, -0.05) is 60.6 Å². The van der Waals surface area contributed by atoms with Crippen molar-refractivity contribution in [2.45, 2.75) is 13.0 Å². The molecule has 0 aromatic heterocycles. The molecular weight excluding hydrogens is 404 g/mol. The van der Waals surface area contributed by atoms with E-state index < -0.39 is 12.1 Å². The second kappa shape index (κ2) is 10.6. The van der Waals surface area contributed by atoms with Gasteiger partial charge in [0.25, 0.3) is 0 Å². The van der Waals surface area contributed by atoms with Gasteiger partial charge in [-0.05, 0) is 19.1 Å². The molecular formula is C24H23ClO5. The van der Waals surface area contributed by atoms with Gasteiger partial charge in [0.15, 0.2) is 0 Å². The largest absolute Gasteiger partial charge is 0.490 e. The topological polar surface area (TPSA) is 54.0 Å². The van der Waals surface area contributed by atoms with Crippen LogP contribution in [0.15, 0.2) is 73.3 Å². The summed E-state index contributed by atoms with van der Waals surface area (Å²) in [5.41, 5.74) is 0. The lowest BCUT2D eigenvalue weighted by Gasteiger charge is -2.17. The lowest BCUT2D eigenvalue weighted by molar-refractivity contribution is -0.143. The molecule has 0 aliphatic heterocycles. The number of rotatable bonds is 10. The minimum atomic E-state index is -0.497. The molecule has 0 saturated carbocycles. The molecule has 5 nitrogen and oxygen atoms in total. The van der Waals surface area contributed by atoms with Crippen LogP contribution < -0.4 is 14.2 Å². The first-order valence-corrected chi connectivity index (χ1v) is 9.94. The second-order valence-electron chi connectivity index (χ2n) is 6.50. The standard InChI is InChI=1S/C24H23ClO5/c1-3-23(26)30-17(2)16-29-24-20-12-8-7-11-19(20)22(15-21(24)25)28-14-13-27-18-9-5-4-6-10-18/h3-12,15,17H,1,13-14,16H2,2H3. The van der Waals surface area contributed by atoms with Crippen molar-refractivity contribution in [3.63, 3.8) is 0 Å². The van der Waals surface area contributed by atoms with Gasteiger partial charge in [-0.25, -0.2) is 4.79 Å². The fraction of sp³-hybridized carbons (Fsp3) is 0.208. The van der Waals surface area contributed by atoms with Crippen LogP contribution in [0.1, 0.15) is 6.92 Å². The fourth-order valence-electron chi connectivity index (χ4n) is 2.86. The van der Waals surface area contributed by atoms with Gasteiger partial charge < -0.3 is 18.9 Å². The number of para-hydroxylation sites is 1. The fourth-order valence-corrected chi connectivity index (χ4v) is 3.11. The van der Waals surface area contributed by atoms with Crippen LogP contribution >= 0.6 is 11.6 Å². The minimum absolute atomic E-state index is 0.161. The van der Waals surface area contributed by atoms with Gasteiger partial charge >= 0.3 is 5.97 Å². The molecule has 0 N–H and O–H groups in total. The first-order chi connectivity index (χ1) is 14.6. The number of hydrogen-bond donors (Lipinski definition) is 0. The molecule has 1 unspecified atom stereocenters. The van der Waals surface area contributed by atoms with E-state index >= 15 is 0 Å². The van der Waals surface area contributed by atoms with Crippen LogP contribution in [0.25, 0.3) is 10.8 Å². The van der Waals surface area contributed by atoms with E-state index in [9.17, 15) is 4.79 Å². The predicted octanol–water partition coefficient (Wildman–Crippen LogP) is 5.45. The number of carbonyl (C=O) groups is 1. The highest BCUT2D eigenvalue weighted by molar-refractivity contribution is 6.33. The molecule has 156 valence electrons. The van der Waals surface area contributed by atoms with Crippen LogP contribution in [0.5, 0.6) is 17.2 Å². The predicted molar refractivity (Wildman–Crippen MR) is 118 cm³/mol. The third-order valence-corrected chi connectivity index (χ3v) is 4.49. The molecule has 0 spiro atoms. The monoisotopic (exact) mass is 426 g/mol. The molecule has 0 bridgehead atoms. The van der Waals surface area contributed by atoms with E-state index in [1.807, 2.05) is 54.6 Å². The van der Waals surface area contributed by atoms with Crippen molar-refractivity contribution >= 4 is 28.3 Å². The number of fused-ring (bicyclic) bond motifs is 1. The van der Waals surface area contributed by atoms with Crippen molar-refractivity contribution < 1.29 is 23.7 Å². The van der Waals surface area contributed by atoms with Crippen LogP contribution in [0, 0.1) is 0 Å². The summed E-state index contributed by atoms with van der Waals surface area (Å²) >= 11 is 6.47. The Hall–Kier alpha value is -3.18. The van der Waals surface area contributed by atoms with Crippen molar-refractivity contribution in [3.8, 4) is 17.2 Å². The Balaban J connectivity index is 1.69. The summed E-state index contributed by atoms with van der Waals surface area (Å²) in [6, 6.07) is 18.9. The third-order valence-electron chi connectivity index (χ3n) is 4.21. The van der Waals surface area contributed by atoms with Crippen LogP contribution in [0.4, 0.5) is 0 Å². The zero-order chi connectivity index (χ0) is 21.3. The molecule has 0 heterocycles. The van der Waals surface area contributed by atoms with Gasteiger partial charge in [0.05, 0.1) is 5.02 Å². The Kier molecular flexibility index (Phi) is 7.57. The highest BCUT2D eigenvalue weighted by Crippen LogP contribution is 2.39. The van der Waals surface area contributed by atoms with E-state index in [2.05, 4.69) is 6.58 Å². The Labute approximate surface area is 180 Å². The Morgan fingerprint density at radius 2 is 1.67 bits per heavy atom. The summed E-state index contributed by atoms with van der Waals surface area (Å²) in [5.74, 6) is 1.45. The number of ether oxygens (including phenoxy) is 4. The van der Waals surface area contributed by atoms with Gasteiger partial charge in [-0.15, -0.1) is 0 Å². The van der Waals surface area contributed by atoms with E-state index in [1.165, 1.54) is 0 Å². The average molecular weight is 427 g/mol. The summed E-state index contributed by atoms with van der Waals surface area (Å²) in [6.45, 7) is 6.05. The summed E-state index contributed by atoms with van der Waals surface area (Å²) in [5, 5.41) is 2.09. The lowest BCUT2D eigenvalue weighted by atomic mass is 10.1. The van der Waals surface area contributed by atoms with Crippen LogP contribution in [-0.4, -0.2) is 31.9 Å². The van der Waals surface area contributed by atoms with Gasteiger partial charge in [-0.2, -0.15) is 0 Å². The number of hydrogen-bond acceptors (Lipinski definition) is 5. The molecule has 30 heavy (non-hydrogen) atoms. The van der Waals surface area contributed by atoms with E-state index in [0.29, 0.717) is 29.7 Å². The van der Waals surface area contributed by atoms with Gasteiger partial charge in [0.1, 0.15) is 43.2 Å². The smallest absolute Gasteiger partial charge is 0.330 e. The van der Waals surface area contributed by atoms with Crippen molar-refractivity contribution in [2.24, 2.45) is 0 Å². The van der Waals surface area contributed by atoms with Crippen LogP contribution in [0.2, 0.25) is 5.02 Å². The van der Waals surface area contributed by atoms with E-state index in [0.717, 1.165) is 22.6 Å². The molecule has 0 saturated heterocycles. The Morgan fingerprint density at radius 3 is 2.40 bits per heavy atom. The molecule has 3 aromatic rings. The van der Waals surface area contributed by atoms with Crippen LogP contribution in [-0.2, 0) is 9.53 Å². The Bertz CT molecular complexity index is 1000. The van der Waals surface area contributed by atoms with E-state index in [1.54, 1.807) is 13.0 Å². The zero-order valence-electron chi connectivity index (χ0n) is 16.7. The minimum Gasteiger partial charge on any atom is -0.490 e. The molecule has 0 aliphatic rings. The SMILES string of the molecule is C=CC(=O)OC(C)COc1c(Cl)cc(OCCOc2ccccc2)c2ccccc12. The molecule has 0 aliphatic carbocycles. The van der Waals surface area contributed by atoms with Crippen molar-refractivity contribution in [2.75, 3.05) is 19.8 Å². The third kappa shape index (κ3) is 5.67. The zero-order valence-corrected chi connectivity index (χ0v) is 17.4. The first-order valence-electron chi connectivity index (χ1n) is 9.56. The maximum atomic E-state index is 11.3. The summed E-state index contributed by atoms with van der Waals surface area (Å²) in [7, 11) is 0. The molecule has 6 heteroatoms. The van der Waals surface area contributed by atoms with Crippen molar-refractivity contribution in [3.05, 3.63) is 78.3 Å². The second-order valence-corrected chi connectivity index (χ2v) is 6.91. The van der Waals surface area contributed by atoms with E-state index in [4.69, 9.17) is 30.5 Å². The van der Waals surface area contributed by atoms with Crippen molar-refractivity contribution in [1.82, 2.24) is 0 Å². The average Bonchev–Trinajstić information content (AvgIpc) is 2.76. The molecule has 3 aromatic carbocycles. The van der Waals surface area contributed by atoms with Gasteiger partial charge in [0, 0.05) is 22.9 Å². The van der Waals surface area contributed by atoms with Gasteiger partial charge in [-0.3, -0.25) is 0 Å². The van der Waals surface area contributed by atoms with Crippen molar-refractivity contribution in [1.29, 1.82) is 0 Å². The number of benzene rings is 3. The first kappa shape index (κ1) is 21.5. The normalized spacial score (nSPS) is 11.5. The summed E-state index contributed by atoms with van der Waals surface area (Å²) < 4.78 is 22.6. The molecule has 0 radical (unpaired) electrons. The highest BCUT2D eigenvalue weighted by Gasteiger charge is 2.15. The molecule has 1 atom stereocenters. The quantitative estimate of drug-likeness (QED) is 0.245.